The molecule has 4 heteroatoms. The van der Waals surface area contributed by atoms with E-state index in [1.165, 1.54) is 0 Å². The van der Waals surface area contributed by atoms with Crippen LogP contribution in [-0.2, 0) is 9.59 Å². The lowest BCUT2D eigenvalue weighted by molar-refractivity contribution is -0.135. The van der Waals surface area contributed by atoms with Crippen LogP contribution in [0, 0.1) is 22.7 Å². The van der Waals surface area contributed by atoms with Gasteiger partial charge in [-0.05, 0) is 78.2 Å². The molecule has 0 radical (unpaired) electrons. The third-order valence-electron chi connectivity index (χ3n) is 8.11. The average Bonchev–Trinajstić information content (AvgIpc) is 2.71. The van der Waals surface area contributed by atoms with E-state index in [0.29, 0.717) is 17.6 Å². The summed E-state index contributed by atoms with van der Waals surface area (Å²) >= 11 is 0. The maximum atomic E-state index is 13.2. The fourth-order valence-corrected chi connectivity index (χ4v) is 5.41. The number of Topliss-reactive ketones (excluding diaryl/α,β-unsaturated/α-hetero) is 2. The molecule has 0 amide bonds. The van der Waals surface area contributed by atoms with Crippen LogP contribution in [0.4, 0.5) is 0 Å². The topological polar surface area (TPSA) is 40.6 Å². The molecule has 29 heavy (non-hydrogen) atoms. The van der Waals surface area contributed by atoms with Crippen LogP contribution in [0.3, 0.4) is 0 Å². The standard InChI is InChI=1S/C25H46N2O2/c1-8-26-15-11-25(7,12-16-26)23(29)20(4)9-10-21(5)27-17-13-24(6,14-18-27)22(28)19(2)3/h19-21H,8-18H2,1-7H3. The molecule has 4 nitrogen and oxygen atoms in total. The first kappa shape index (κ1) is 24.5. The molecule has 2 aliphatic heterocycles. The summed E-state index contributed by atoms with van der Waals surface area (Å²) in [7, 11) is 0. The van der Waals surface area contributed by atoms with Gasteiger partial charge in [-0.15, -0.1) is 0 Å². The Kier molecular flexibility index (Phi) is 8.50. The lowest BCUT2D eigenvalue weighted by atomic mass is 9.71. The highest BCUT2D eigenvalue weighted by Gasteiger charge is 2.40. The molecule has 0 aromatic heterocycles. The molecule has 2 heterocycles. The molecule has 0 bridgehead atoms. The summed E-state index contributed by atoms with van der Waals surface area (Å²) in [4.78, 5) is 30.7. The van der Waals surface area contributed by atoms with E-state index in [9.17, 15) is 9.59 Å². The Morgan fingerprint density at radius 3 is 1.76 bits per heavy atom. The minimum atomic E-state index is -0.143. The van der Waals surface area contributed by atoms with Crippen LogP contribution >= 0.6 is 0 Å². The van der Waals surface area contributed by atoms with Gasteiger partial charge in [0.2, 0.25) is 0 Å². The van der Waals surface area contributed by atoms with E-state index >= 15 is 0 Å². The minimum absolute atomic E-state index is 0.126. The van der Waals surface area contributed by atoms with Gasteiger partial charge in [-0.1, -0.05) is 41.5 Å². The Hall–Kier alpha value is -0.740. The quantitative estimate of drug-likeness (QED) is 0.551. The van der Waals surface area contributed by atoms with Crippen molar-refractivity contribution in [2.45, 2.75) is 93.0 Å². The van der Waals surface area contributed by atoms with Gasteiger partial charge >= 0.3 is 0 Å². The van der Waals surface area contributed by atoms with Gasteiger partial charge in [-0.3, -0.25) is 9.59 Å². The van der Waals surface area contributed by atoms with E-state index < -0.39 is 0 Å². The van der Waals surface area contributed by atoms with Crippen molar-refractivity contribution >= 4 is 11.6 Å². The summed E-state index contributed by atoms with van der Waals surface area (Å²) in [6, 6.07) is 0.485. The number of rotatable bonds is 9. The second kappa shape index (κ2) is 10.0. The maximum Gasteiger partial charge on any atom is 0.141 e. The SMILES string of the molecule is CCN1CCC(C)(C(=O)C(C)CCC(C)N2CCC(C)(C(=O)C(C)C)CC2)CC1. The number of nitrogens with zero attached hydrogens (tertiary/aromatic N) is 2. The number of carbonyl (C=O) groups excluding carboxylic acids is 2. The summed E-state index contributed by atoms with van der Waals surface area (Å²) in [6.45, 7) is 20.3. The highest BCUT2D eigenvalue weighted by Crippen LogP contribution is 2.37. The summed E-state index contributed by atoms with van der Waals surface area (Å²) in [5.74, 6) is 1.18. The van der Waals surface area contributed by atoms with Crippen molar-refractivity contribution in [2.75, 3.05) is 32.7 Å². The van der Waals surface area contributed by atoms with Gasteiger partial charge in [0.1, 0.15) is 11.6 Å². The van der Waals surface area contributed by atoms with E-state index in [4.69, 9.17) is 0 Å². The third-order valence-corrected chi connectivity index (χ3v) is 8.11. The van der Waals surface area contributed by atoms with Gasteiger partial charge in [0.25, 0.3) is 0 Å². The van der Waals surface area contributed by atoms with Gasteiger partial charge in [0.15, 0.2) is 0 Å². The van der Waals surface area contributed by atoms with Crippen LogP contribution in [0.2, 0.25) is 0 Å². The zero-order valence-electron chi connectivity index (χ0n) is 20.2. The minimum Gasteiger partial charge on any atom is -0.304 e. The Bertz CT molecular complexity index is 555. The van der Waals surface area contributed by atoms with Crippen molar-refractivity contribution in [1.82, 2.24) is 9.80 Å². The predicted octanol–water partition coefficient (Wildman–Crippen LogP) is 4.81. The number of hydrogen-bond donors (Lipinski definition) is 0. The Balaban J connectivity index is 1.79. The predicted molar refractivity (Wildman–Crippen MR) is 121 cm³/mol. The molecule has 2 rings (SSSR count). The van der Waals surface area contributed by atoms with Crippen molar-refractivity contribution in [3.05, 3.63) is 0 Å². The summed E-state index contributed by atoms with van der Waals surface area (Å²) in [6.07, 6.45) is 6.00. The molecule has 2 saturated heterocycles. The first-order chi connectivity index (χ1) is 13.5. The van der Waals surface area contributed by atoms with Gasteiger partial charge in [-0.25, -0.2) is 0 Å². The molecule has 2 atom stereocenters. The van der Waals surface area contributed by atoms with E-state index in [-0.39, 0.29) is 22.7 Å². The summed E-state index contributed by atoms with van der Waals surface area (Å²) in [5, 5.41) is 0. The molecular formula is C25H46N2O2. The number of carbonyl (C=O) groups is 2. The Morgan fingerprint density at radius 2 is 1.28 bits per heavy atom. The number of ketones is 2. The first-order valence-electron chi connectivity index (χ1n) is 12.1. The third kappa shape index (κ3) is 5.91. The maximum absolute atomic E-state index is 13.2. The zero-order valence-corrected chi connectivity index (χ0v) is 20.2. The fraction of sp³-hybridized carbons (Fsp3) is 0.920. The van der Waals surface area contributed by atoms with Gasteiger partial charge in [0, 0.05) is 28.7 Å². The Morgan fingerprint density at radius 1 is 0.793 bits per heavy atom. The second-order valence-corrected chi connectivity index (χ2v) is 10.8. The molecule has 0 aliphatic carbocycles. The van der Waals surface area contributed by atoms with Gasteiger partial charge in [-0.2, -0.15) is 0 Å². The molecule has 0 N–H and O–H groups in total. The fourth-order valence-electron chi connectivity index (χ4n) is 5.41. The van der Waals surface area contributed by atoms with Gasteiger partial charge in [0.05, 0.1) is 0 Å². The molecule has 168 valence electrons. The largest absolute Gasteiger partial charge is 0.304 e. The lowest BCUT2D eigenvalue weighted by Crippen LogP contribution is -2.47. The van der Waals surface area contributed by atoms with Crippen molar-refractivity contribution < 1.29 is 9.59 Å². The highest BCUT2D eigenvalue weighted by atomic mass is 16.1. The molecule has 0 aromatic rings. The number of piperidine rings is 2. The Labute approximate surface area is 179 Å². The van der Waals surface area contributed by atoms with Crippen molar-refractivity contribution in [3.63, 3.8) is 0 Å². The number of likely N-dealkylation sites (tertiary alicyclic amines) is 2. The van der Waals surface area contributed by atoms with Crippen molar-refractivity contribution in [1.29, 1.82) is 0 Å². The molecule has 2 fully saturated rings. The molecular weight excluding hydrogens is 360 g/mol. The van der Waals surface area contributed by atoms with Crippen LogP contribution in [0.25, 0.3) is 0 Å². The first-order valence-corrected chi connectivity index (χ1v) is 12.1. The van der Waals surface area contributed by atoms with E-state index in [1.54, 1.807) is 0 Å². The van der Waals surface area contributed by atoms with Gasteiger partial charge < -0.3 is 9.80 Å². The number of hydrogen-bond acceptors (Lipinski definition) is 4. The van der Waals surface area contributed by atoms with Crippen LogP contribution in [-0.4, -0.2) is 60.1 Å². The monoisotopic (exact) mass is 406 g/mol. The van der Waals surface area contributed by atoms with Crippen LogP contribution < -0.4 is 0 Å². The van der Waals surface area contributed by atoms with Crippen LogP contribution in [0.15, 0.2) is 0 Å². The second-order valence-electron chi connectivity index (χ2n) is 10.8. The van der Waals surface area contributed by atoms with Crippen molar-refractivity contribution in [3.8, 4) is 0 Å². The van der Waals surface area contributed by atoms with E-state index in [0.717, 1.165) is 71.2 Å². The summed E-state index contributed by atoms with van der Waals surface area (Å²) < 4.78 is 0. The molecule has 2 aliphatic rings. The molecule has 0 spiro atoms. The van der Waals surface area contributed by atoms with Crippen LogP contribution in [0.5, 0.6) is 0 Å². The molecule has 2 unspecified atom stereocenters. The lowest BCUT2D eigenvalue weighted by Gasteiger charge is -2.42. The van der Waals surface area contributed by atoms with Crippen LogP contribution in [0.1, 0.15) is 87.0 Å². The smallest absolute Gasteiger partial charge is 0.141 e. The molecule has 0 saturated carbocycles. The highest BCUT2D eigenvalue weighted by molar-refractivity contribution is 5.86. The molecule has 0 aromatic carbocycles. The normalized spacial score (nSPS) is 25.0. The average molecular weight is 407 g/mol. The van der Waals surface area contributed by atoms with E-state index in [1.807, 2.05) is 13.8 Å². The van der Waals surface area contributed by atoms with Crippen molar-refractivity contribution in [2.24, 2.45) is 22.7 Å². The zero-order chi connectivity index (χ0) is 21.8. The summed E-state index contributed by atoms with van der Waals surface area (Å²) in [5.41, 5.74) is -0.270. The van der Waals surface area contributed by atoms with E-state index in [2.05, 4.69) is 44.4 Å².